The van der Waals surface area contributed by atoms with Gasteiger partial charge in [0.2, 0.25) is 0 Å². The summed E-state index contributed by atoms with van der Waals surface area (Å²) >= 11 is 0. The van der Waals surface area contributed by atoms with Crippen molar-refractivity contribution in [3.63, 3.8) is 0 Å². The van der Waals surface area contributed by atoms with Crippen LogP contribution in [0.4, 0.5) is 5.82 Å². The molecule has 0 fully saturated rings. The number of hydrogen-bond donors (Lipinski definition) is 3. The summed E-state index contributed by atoms with van der Waals surface area (Å²) in [5.74, 6) is 0.327. The van der Waals surface area contributed by atoms with E-state index in [1.54, 1.807) is 25.3 Å². The van der Waals surface area contributed by atoms with Gasteiger partial charge in [-0.25, -0.2) is 4.98 Å². The van der Waals surface area contributed by atoms with Crippen LogP contribution in [0.2, 0.25) is 0 Å². The summed E-state index contributed by atoms with van der Waals surface area (Å²) in [6.07, 6.45) is 1.57. The predicted molar refractivity (Wildman–Crippen MR) is 47.3 cm³/mol. The normalized spacial score (nSPS) is 15.6. The molecule has 66 valence electrons. The number of aliphatic hydroxyl groups is 1. The van der Waals surface area contributed by atoms with Crippen LogP contribution in [0.25, 0.3) is 0 Å². The molecule has 1 heterocycles. The van der Waals surface area contributed by atoms with Gasteiger partial charge in [0.05, 0.1) is 0 Å². The zero-order valence-electron chi connectivity index (χ0n) is 6.99. The Hall–Kier alpha value is -1.13. The number of pyridine rings is 1. The average molecular weight is 167 g/mol. The Labute approximate surface area is 71.2 Å². The lowest BCUT2D eigenvalue weighted by molar-refractivity contribution is 0.0673. The Morgan fingerprint density at radius 2 is 2.33 bits per heavy atom. The third-order valence-electron chi connectivity index (χ3n) is 1.82. The van der Waals surface area contributed by atoms with Crippen LogP contribution < -0.4 is 11.5 Å². The zero-order valence-corrected chi connectivity index (χ0v) is 6.99. The lowest BCUT2D eigenvalue weighted by atomic mass is 9.97. The van der Waals surface area contributed by atoms with Crippen LogP contribution in [0.5, 0.6) is 0 Å². The van der Waals surface area contributed by atoms with Crippen molar-refractivity contribution in [2.45, 2.75) is 12.5 Å². The fourth-order valence-electron chi connectivity index (χ4n) is 0.983. The molecule has 1 aromatic rings. The summed E-state index contributed by atoms with van der Waals surface area (Å²) in [5, 5.41) is 9.73. The summed E-state index contributed by atoms with van der Waals surface area (Å²) in [4.78, 5) is 3.86. The topological polar surface area (TPSA) is 85.2 Å². The number of nitrogens with two attached hydrogens (primary N) is 2. The molecule has 12 heavy (non-hydrogen) atoms. The zero-order chi connectivity index (χ0) is 9.19. The van der Waals surface area contributed by atoms with Gasteiger partial charge in [-0.15, -0.1) is 0 Å². The molecule has 0 aliphatic heterocycles. The van der Waals surface area contributed by atoms with E-state index in [-0.39, 0.29) is 6.54 Å². The van der Waals surface area contributed by atoms with Gasteiger partial charge >= 0.3 is 0 Å². The van der Waals surface area contributed by atoms with E-state index < -0.39 is 5.60 Å². The van der Waals surface area contributed by atoms with Gasteiger partial charge in [-0.05, 0) is 13.0 Å². The number of rotatable bonds is 2. The predicted octanol–water partition coefficient (Wildman–Crippen LogP) is -0.170. The van der Waals surface area contributed by atoms with Crippen LogP contribution in [-0.2, 0) is 5.60 Å². The Balaban J connectivity index is 3.10. The average Bonchev–Trinajstić information content (AvgIpc) is 2.05. The molecular formula is C8H13N3O. The first-order valence-electron chi connectivity index (χ1n) is 3.71. The molecule has 1 atom stereocenters. The number of hydrogen-bond acceptors (Lipinski definition) is 4. The SMILES string of the molecule is CC(O)(CN)c1cccnc1N. The highest BCUT2D eigenvalue weighted by atomic mass is 16.3. The second-order valence-corrected chi connectivity index (χ2v) is 2.91. The Morgan fingerprint density at radius 1 is 1.67 bits per heavy atom. The minimum absolute atomic E-state index is 0.128. The second kappa shape index (κ2) is 3.08. The maximum absolute atomic E-state index is 9.73. The minimum Gasteiger partial charge on any atom is -0.384 e. The summed E-state index contributed by atoms with van der Waals surface area (Å²) in [5.41, 5.74) is 10.4. The first-order valence-corrected chi connectivity index (χ1v) is 3.71. The highest BCUT2D eigenvalue weighted by molar-refractivity contribution is 5.42. The van der Waals surface area contributed by atoms with Crippen molar-refractivity contribution >= 4 is 5.82 Å². The van der Waals surface area contributed by atoms with Crippen molar-refractivity contribution in [2.24, 2.45) is 5.73 Å². The quantitative estimate of drug-likeness (QED) is 0.571. The third-order valence-corrected chi connectivity index (χ3v) is 1.82. The smallest absolute Gasteiger partial charge is 0.129 e. The lowest BCUT2D eigenvalue weighted by Crippen LogP contribution is -2.32. The highest BCUT2D eigenvalue weighted by Crippen LogP contribution is 2.22. The third kappa shape index (κ3) is 1.54. The summed E-state index contributed by atoms with van der Waals surface area (Å²) < 4.78 is 0. The maximum Gasteiger partial charge on any atom is 0.129 e. The van der Waals surface area contributed by atoms with Crippen molar-refractivity contribution < 1.29 is 5.11 Å². The van der Waals surface area contributed by atoms with Crippen LogP contribution in [0.1, 0.15) is 12.5 Å². The van der Waals surface area contributed by atoms with E-state index in [1.807, 2.05) is 0 Å². The van der Waals surface area contributed by atoms with Crippen LogP contribution in [0.15, 0.2) is 18.3 Å². The van der Waals surface area contributed by atoms with E-state index in [2.05, 4.69) is 4.98 Å². The van der Waals surface area contributed by atoms with Gasteiger partial charge in [0.1, 0.15) is 11.4 Å². The van der Waals surface area contributed by atoms with Crippen molar-refractivity contribution in [2.75, 3.05) is 12.3 Å². The fourth-order valence-corrected chi connectivity index (χ4v) is 0.983. The molecule has 0 aliphatic rings. The number of aromatic nitrogens is 1. The first-order chi connectivity index (χ1) is 5.58. The van der Waals surface area contributed by atoms with E-state index in [9.17, 15) is 5.11 Å². The standard InChI is InChI=1S/C8H13N3O/c1-8(12,5-9)6-3-2-4-11-7(6)10/h2-4,12H,5,9H2,1H3,(H2,10,11). The van der Waals surface area contributed by atoms with Gasteiger partial charge in [0.25, 0.3) is 0 Å². The molecule has 0 aromatic carbocycles. The molecule has 1 aromatic heterocycles. The van der Waals surface area contributed by atoms with Crippen molar-refractivity contribution in [3.8, 4) is 0 Å². The van der Waals surface area contributed by atoms with Crippen molar-refractivity contribution in [3.05, 3.63) is 23.9 Å². The summed E-state index contributed by atoms with van der Waals surface area (Å²) in [7, 11) is 0. The summed E-state index contributed by atoms with van der Waals surface area (Å²) in [6.45, 7) is 1.74. The molecule has 1 rings (SSSR count). The molecule has 0 radical (unpaired) electrons. The molecule has 0 aliphatic carbocycles. The van der Waals surface area contributed by atoms with E-state index in [0.717, 1.165) is 0 Å². The number of nitrogens with zero attached hydrogens (tertiary/aromatic N) is 1. The molecule has 4 heteroatoms. The Morgan fingerprint density at radius 3 is 2.83 bits per heavy atom. The Kier molecular flexibility index (Phi) is 2.30. The van der Waals surface area contributed by atoms with Gasteiger partial charge < -0.3 is 16.6 Å². The van der Waals surface area contributed by atoms with Crippen LogP contribution in [0.3, 0.4) is 0 Å². The molecule has 0 saturated carbocycles. The van der Waals surface area contributed by atoms with E-state index in [0.29, 0.717) is 11.4 Å². The van der Waals surface area contributed by atoms with Gasteiger partial charge in [-0.2, -0.15) is 0 Å². The molecular weight excluding hydrogens is 154 g/mol. The summed E-state index contributed by atoms with van der Waals surface area (Å²) in [6, 6.07) is 3.44. The second-order valence-electron chi connectivity index (χ2n) is 2.91. The van der Waals surface area contributed by atoms with Crippen molar-refractivity contribution in [1.29, 1.82) is 0 Å². The molecule has 0 amide bonds. The molecule has 0 saturated heterocycles. The first kappa shape index (κ1) is 8.96. The lowest BCUT2D eigenvalue weighted by Gasteiger charge is -2.22. The van der Waals surface area contributed by atoms with Crippen LogP contribution in [-0.4, -0.2) is 16.6 Å². The molecule has 5 N–H and O–H groups in total. The highest BCUT2D eigenvalue weighted by Gasteiger charge is 2.23. The minimum atomic E-state index is -1.08. The van der Waals surface area contributed by atoms with E-state index >= 15 is 0 Å². The van der Waals surface area contributed by atoms with Gasteiger partial charge in [0.15, 0.2) is 0 Å². The van der Waals surface area contributed by atoms with E-state index in [1.165, 1.54) is 0 Å². The van der Waals surface area contributed by atoms with Crippen LogP contribution >= 0.6 is 0 Å². The van der Waals surface area contributed by atoms with Crippen molar-refractivity contribution in [1.82, 2.24) is 4.98 Å². The molecule has 4 nitrogen and oxygen atoms in total. The molecule has 0 spiro atoms. The molecule has 1 unspecified atom stereocenters. The molecule has 0 bridgehead atoms. The van der Waals surface area contributed by atoms with Crippen LogP contribution in [0, 0.1) is 0 Å². The largest absolute Gasteiger partial charge is 0.384 e. The van der Waals surface area contributed by atoms with Gasteiger partial charge in [0, 0.05) is 18.3 Å². The fraction of sp³-hybridized carbons (Fsp3) is 0.375. The Bertz CT molecular complexity index is 273. The maximum atomic E-state index is 9.73. The monoisotopic (exact) mass is 167 g/mol. The number of nitrogen functional groups attached to an aromatic ring is 1. The number of anilines is 1. The van der Waals surface area contributed by atoms with Gasteiger partial charge in [-0.3, -0.25) is 0 Å². The van der Waals surface area contributed by atoms with Gasteiger partial charge in [-0.1, -0.05) is 6.07 Å². The van der Waals surface area contributed by atoms with E-state index in [4.69, 9.17) is 11.5 Å².